The first-order valence-electron chi connectivity index (χ1n) is 4.13. The molecule has 0 aliphatic carbocycles. The van der Waals surface area contributed by atoms with Crippen molar-refractivity contribution < 1.29 is 21.6 Å². The molecule has 0 atom stereocenters. The topological polar surface area (TPSA) is 46.2 Å². The standard InChI is InChI=1S/C8H6Cl2F3NO2S/c9-6-2-1-5(3-7(6)10)4-14-17(15,16)8(11,12)13/h1-3,14H,4H2. The summed E-state index contributed by atoms with van der Waals surface area (Å²) in [5.41, 5.74) is -5.06. The molecule has 1 N–H and O–H groups in total. The Morgan fingerprint density at radius 3 is 2.24 bits per heavy atom. The zero-order valence-corrected chi connectivity index (χ0v) is 10.4. The Morgan fingerprint density at radius 1 is 1.18 bits per heavy atom. The fraction of sp³-hybridized carbons (Fsp3) is 0.250. The van der Waals surface area contributed by atoms with Gasteiger partial charge in [0, 0.05) is 6.54 Å². The van der Waals surface area contributed by atoms with E-state index in [1.165, 1.54) is 22.9 Å². The molecule has 96 valence electrons. The predicted molar refractivity (Wildman–Crippen MR) is 58.3 cm³/mol. The molecule has 0 aromatic heterocycles. The van der Waals surface area contributed by atoms with Crippen LogP contribution in [0.2, 0.25) is 10.0 Å². The van der Waals surface area contributed by atoms with Crippen LogP contribution in [0.25, 0.3) is 0 Å². The molecule has 0 fully saturated rings. The van der Waals surface area contributed by atoms with Gasteiger partial charge in [-0.1, -0.05) is 29.3 Å². The third-order valence-electron chi connectivity index (χ3n) is 1.76. The molecule has 17 heavy (non-hydrogen) atoms. The maximum Gasteiger partial charge on any atom is 0.511 e. The Labute approximate surface area is 106 Å². The summed E-state index contributed by atoms with van der Waals surface area (Å²) in [4.78, 5) is 0. The molecule has 0 saturated carbocycles. The van der Waals surface area contributed by atoms with Crippen LogP contribution in [-0.4, -0.2) is 13.9 Å². The van der Waals surface area contributed by atoms with Crippen molar-refractivity contribution in [1.29, 1.82) is 0 Å². The minimum atomic E-state index is -5.34. The van der Waals surface area contributed by atoms with E-state index in [0.29, 0.717) is 0 Å². The number of rotatable bonds is 3. The van der Waals surface area contributed by atoms with E-state index in [-0.39, 0.29) is 15.6 Å². The second kappa shape index (κ2) is 5.01. The summed E-state index contributed by atoms with van der Waals surface area (Å²) in [6, 6.07) is 4.01. The van der Waals surface area contributed by atoms with Crippen molar-refractivity contribution in [3.8, 4) is 0 Å². The first-order chi connectivity index (χ1) is 7.63. The first-order valence-corrected chi connectivity index (χ1v) is 6.37. The van der Waals surface area contributed by atoms with Gasteiger partial charge in [-0.3, -0.25) is 0 Å². The monoisotopic (exact) mass is 307 g/mol. The van der Waals surface area contributed by atoms with Crippen molar-refractivity contribution in [3.05, 3.63) is 33.8 Å². The fourth-order valence-corrected chi connectivity index (χ4v) is 1.75. The molecule has 0 heterocycles. The Morgan fingerprint density at radius 2 is 1.76 bits per heavy atom. The molecular weight excluding hydrogens is 302 g/mol. The minimum Gasteiger partial charge on any atom is -0.203 e. The third kappa shape index (κ3) is 3.74. The maximum absolute atomic E-state index is 12.0. The molecule has 0 radical (unpaired) electrons. The van der Waals surface area contributed by atoms with Gasteiger partial charge < -0.3 is 0 Å². The van der Waals surface area contributed by atoms with Gasteiger partial charge in [-0.05, 0) is 17.7 Å². The molecule has 0 amide bonds. The average molecular weight is 308 g/mol. The minimum absolute atomic E-state index is 0.135. The van der Waals surface area contributed by atoms with Gasteiger partial charge in [-0.2, -0.15) is 13.2 Å². The Hall–Kier alpha value is -0.500. The molecule has 0 bridgehead atoms. The lowest BCUT2D eigenvalue weighted by Crippen LogP contribution is -2.35. The average Bonchev–Trinajstić information content (AvgIpc) is 2.18. The van der Waals surface area contributed by atoms with Crippen molar-refractivity contribution in [1.82, 2.24) is 4.72 Å². The summed E-state index contributed by atoms with van der Waals surface area (Å²) >= 11 is 11.2. The van der Waals surface area contributed by atoms with E-state index in [9.17, 15) is 21.6 Å². The molecule has 1 aromatic carbocycles. The number of nitrogens with one attached hydrogen (secondary N) is 1. The highest BCUT2D eigenvalue weighted by Gasteiger charge is 2.45. The van der Waals surface area contributed by atoms with E-state index in [4.69, 9.17) is 23.2 Å². The highest BCUT2D eigenvalue weighted by atomic mass is 35.5. The van der Waals surface area contributed by atoms with Crippen LogP contribution in [0.1, 0.15) is 5.56 Å². The van der Waals surface area contributed by atoms with E-state index in [1.807, 2.05) is 0 Å². The highest BCUT2D eigenvalue weighted by molar-refractivity contribution is 7.90. The van der Waals surface area contributed by atoms with Gasteiger partial charge in [0.1, 0.15) is 0 Å². The Balaban J connectivity index is 2.78. The lowest BCUT2D eigenvalue weighted by atomic mass is 10.2. The summed E-state index contributed by atoms with van der Waals surface area (Å²) in [6.45, 7) is -0.515. The molecule has 1 aromatic rings. The highest BCUT2D eigenvalue weighted by Crippen LogP contribution is 2.24. The van der Waals surface area contributed by atoms with Crippen molar-refractivity contribution in [2.45, 2.75) is 12.1 Å². The van der Waals surface area contributed by atoms with Crippen LogP contribution in [-0.2, 0) is 16.6 Å². The van der Waals surface area contributed by atoms with Gasteiger partial charge in [0.2, 0.25) is 0 Å². The summed E-state index contributed by atoms with van der Waals surface area (Å²) in [5, 5.41) is 0.365. The van der Waals surface area contributed by atoms with Gasteiger partial charge >= 0.3 is 15.5 Å². The van der Waals surface area contributed by atoms with E-state index < -0.39 is 22.1 Å². The molecule has 0 unspecified atom stereocenters. The number of benzene rings is 1. The quantitative estimate of drug-likeness (QED) is 0.933. The van der Waals surface area contributed by atoms with Crippen LogP contribution >= 0.6 is 23.2 Å². The summed E-state index contributed by atoms with van der Waals surface area (Å²) < 4.78 is 58.7. The van der Waals surface area contributed by atoms with E-state index in [2.05, 4.69) is 0 Å². The molecule has 0 spiro atoms. The van der Waals surface area contributed by atoms with Crippen molar-refractivity contribution in [2.75, 3.05) is 0 Å². The summed E-state index contributed by atoms with van der Waals surface area (Å²) in [5.74, 6) is 0. The van der Waals surface area contributed by atoms with Crippen LogP contribution in [0.4, 0.5) is 13.2 Å². The maximum atomic E-state index is 12.0. The fourth-order valence-electron chi connectivity index (χ4n) is 0.910. The van der Waals surface area contributed by atoms with Crippen LogP contribution in [0.15, 0.2) is 18.2 Å². The number of halogens is 5. The van der Waals surface area contributed by atoms with E-state index in [1.54, 1.807) is 0 Å². The number of hydrogen-bond donors (Lipinski definition) is 1. The second-order valence-electron chi connectivity index (χ2n) is 3.02. The smallest absolute Gasteiger partial charge is 0.203 e. The van der Waals surface area contributed by atoms with Crippen LogP contribution in [0.3, 0.4) is 0 Å². The molecule has 3 nitrogen and oxygen atoms in total. The van der Waals surface area contributed by atoms with Crippen LogP contribution < -0.4 is 4.72 Å². The molecule has 0 aliphatic rings. The largest absolute Gasteiger partial charge is 0.511 e. The van der Waals surface area contributed by atoms with E-state index >= 15 is 0 Å². The zero-order chi connectivity index (χ0) is 13.3. The Bertz CT molecular complexity index is 516. The lowest BCUT2D eigenvalue weighted by molar-refractivity contribution is -0.0448. The molecule has 0 saturated heterocycles. The SMILES string of the molecule is O=S(=O)(NCc1ccc(Cl)c(Cl)c1)C(F)(F)F. The van der Waals surface area contributed by atoms with Gasteiger partial charge in [0.15, 0.2) is 0 Å². The van der Waals surface area contributed by atoms with Gasteiger partial charge in [-0.25, -0.2) is 13.1 Å². The summed E-state index contributed by atoms with van der Waals surface area (Å²) in [6.07, 6.45) is 0. The van der Waals surface area contributed by atoms with Crippen LogP contribution in [0, 0.1) is 0 Å². The molecular formula is C8H6Cl2F3NO2S. The number of alkyl halides is 3. The molecule has 0 aliphatic heterocycles. The van der Waals surface area contributed by atoms with Crippen LogP contribution in [0.5, 0.6) is 0 Å². The normalized spacial score (nSPS) is 12.8. The predicted octanol–water partition coefficient (Wildman–Crippen LogP) is 2.93. The molecule has 9 heteroatoms. The zero-order valence-electron chi connectivity index (χ0n) is 8.05. The lowest BCUT2D eigenvalue weighted by Gasteiger charge is -2.09. The van der Waals surface area contributed by atoms with Crippen molar-refractivity contribution >= 4 is 33.2 Å². The first kappa shape index (κ1) is 14.6. The number of sulfonamides is 1. The molecule has 1 rings (SSSR count). The third-order valence-corrected chi connectivity index (χ3v) is 3.63. The van der Waals surface area contributed by atoms with Gasteiger partial charge in [0.25, 0.3) is 0 Å². The second-order valence-corrected chi connectivity index (χ2v) is 5.59. The Kier molecular flexibility index (Phi) is 4.29. The van der Waals surface area contributed by atoms with Crippen molar-refractivity contribution in [3.63, 3.8) is 0 Å². The van der Waals surface area contributed by atoms with Crippen molar-refractivity contribution in [2.24, 2.45) is 0 Å². The van der Waals surface area contributed by atoms with Gasteiger partial charge in [0.05, 0.1) is 10.0 Å². The van der Waals surface area contributed by atoms with Gasteiger partial charge in [-0.15, -0.1) is 0 Å². The number of hydrogen-bond acceptors (Lipinski definition) is 2. The van der Waals surface area contributed by atoms with E-state index in [0.717, 1.165) is 0 Å². The summed E-state index contributed by atoms with van der Waals surface area (Å²) in [7, 11) is -5.34.